The van der Waals surface area contributed by atoms with Gasteiger partial charge in [-0.05, 0) is 43.7 Å². The van der Waals surface area contributed by atoms with Crippen LogP contribution in [0.4, 0.5) is 0 Å². The van der Waals surface area contributed by atoms with E-state index in [4.69, 9.17) is 0 Å². The minimum Gasteiger partial charge on any atom is -0.317 e. The highest BCUT2D eigenvalue weighted by Gasteiger charge is 2.53. The monoisotopic (exact) mass is 226 g/mol. The predicted molar refractivity (Wildman–Crippen MR) is 66.4 cm³/mol. The van der Waals surface area contributed by atoms with Crippen LogP contribution in [0.3, 0.4) is 0 Å². The molecule has 2 saturated heterocycles. The third kappa shape index (κ3) is 2.20. The lowest BCUT2D eigenvalue weighted by molar-refractivity contribution is 0.245. The summed E-state index contributed by atoms with van der Waals surface area (Å²) in [6, 6.07) is 0. The first-order valence-electron chi connectivity index (χ1n) is 6.40. The maximum atomic E-state index is 3.49. The van der Waals surface area contributed by atoms with E-state index >= 15 is 0 Å². The maximum Gasteiger partial charge on any atom is 0.00728 e. The summed E-state index contributed by atoms with van der Waals surface area (Å²) in [4.78, 5) is 2.71. The van der Waals surface area contributed by atoms with Gasteiger partial charge in [0, 0.05) is 31.1 Å². The first kappa shape index (κ1) is 10.4. The van der Waals surface area contributed by atoms with Crippen LogP contribution in [-0.2, 0) is 0 Å². The minimum atomic E-state index is 0.788. The van der Waals surface area contributed by atoms with Crippen molar-refractivity contribution in [1.29, 1.82) is 0 Å². The second kappa shape index (κ2) is 4.27. The molecule has 2 aliphatic heterocycles. The van der Waals surface area contributed by atoms with Crippen LogP contribution < -0.4 is 5.32 Å². The Bertz CT molecular complexity index is 220. The second-order valence-electron chi connectivity index (χ2n) is 5.43. The van der Waals surface area contributed by atoms with Gasteiger partial charge in [-0.1, -0.05) is 0 Å². The molecular formula is C12H22N2S. The largest absolute Gasteiger partial charge is 0.317 e. The molecule has 3 heteroatoms. The van der Waals surface area contributed by atoms with E-state index in [0.29, 0.717) is 0 Å². The fraction of sp³-hybridized carbons (Fsp3) is 1.00. The lowest BCUT2D eigenvalue weighted by Gasteiger charge is -2.29. The molecule has 1 atom stereocenters. The lowest BCUT2D eigenvalue weighted by atomic mass is 9.92. The Morgan fingerprint density at radius 3 is 2.67 bits per heavy atom. The van der Waals surface area contributed by atoms with Gasteiger partial charge in [-0.15, -0.1) is 0 Å². The summed E-state index contributed by atoms with van der Waals surface area (Å²) in [7, 11) is 0. The van der Waals surface area contributed by atoms with Crippen LogP contribution in [0.25, 0.3) is 0 Å². The average Bonchev–Trinajstić information content (AvgIpc) is 2.93. The molecule has 3 rings (SSSR count). The topological polar surface area (TPSA) is 15.3 Å². The van der Waals surface area contributed by atoms with Crippen molar-refractivity contribution in [3.05, 3.63) is 0 Å². The van der Waals surface area contributed by atoms with Gasteiger partial charge in [0.2, 0.25) is 0 Å². The first-order valence-corrected chi connectivity index (χ1v) is 7.55. The Balaban J connectivity index is 1.48. The van der Waals surface area contributed by atoms with Crippen molar-refractivity contribution in [3.8, 4) is 0 Å². The number of nitrogens with zero attached hydrogens (tertiary/aromatic N) is 1. The Morgan fingerprint density at radius 1 is 1.20 bits per heavy atom. The molecule has 1 unspecified atom stereocenters. The summed E-state index contributed by atoms with van der Waals surface area (Å²) in [6.07, 6.45) is 4.42. The number of rotatable bonds is 2. The molecule has 1 N–H and O–H groups in total. The molecule has 2 heterocycles. The molecular weight excluding hydrogens is 204 g/mol. The number of hydrogen-bond donors (Lipinski definition) is 1. The van der Waals surface area contributed by atoms with Gasteiger partial charge >= 0.3 is 0 Å². The Morgan fingerprint density at radius 2 is 1.93 bits per heavy atom. The van der Waals surface area contributed by atoms with Crippen LogP contribution in [0.2, 0.25) is 0 Å². The standard InChI is InChI=1S/C12H22N2S/c1-3-13-4-2-12(1)9-11(12)10-14-5-7-15-8-6-14/h11,13H,1-10H2. The molecule has 1 aliphatic carbocycles. The summed E-state index contributed by atoms with van der Waals surface area (Å²) in [5, 5.41) is 3.49. The van der Waals surface area contributed by atoms with Gasteiger partial charge in [-0.25, -0.2) is 0 Å². The summed E-state index contributed by atoms with van der Waals surface area (Å²) >= 11 is 2.12. The second-order valence-corrected chi connectivity index (χ2v) is 6.65. The molecule has 0 radical (unpaired) electrons. The van der Waals surface area contributed by atoms with Crippen LogP contribution in [0.1, 0.15) is 19.3 Å². The van der Waals surface area contributed by atoms with Crippen molar-refractivity contribution >= 4 is 11.8 Å². The highest BCUT2D eigenvalue weighted by atomic mass is 32.2. The summed E-state index contributed by atoms with van der Waals surface area (Å²) < 4.78 is 0. The Labute approximate surface area is 97.2 Å². The molecule has 86 valence electrons. The van der Waals surface area contributed by atoms with E-state index in [2.05, 4.69) is 22.0 Å². The first-order chi connectivity index (χ1) is 7.39. The fourth-order valence-corrected chi connectivity index (χ4v) is 4.30. The number of piperidine rings is 1. The number of thioether (sulfide) groups is 1. The third-order valence-corrected chi connectivity index (χ3v) is 5.48. The van der Waals surface area contributed by atoms with Gasteiger partial charge in [-0.3, -0.25) is 0 Å². The van der Waals surface area contributed by atoms with Crippen molar-refractivity contribution in [2.45, 2.75) is 19.3 Å². The zero-order valence-corrected chi connectivity index (χ0v) is 10.3. The molecule has 1 saturated carbocycles. The average molecular weight is 226 g/mol. The molecule has 0 aromatic heterocycles. The summed E-state index contributed by atoms with van der Waals surface area (Å²) in [6.45, 7) is 6.63. The third-order valence-electron chi connectivity index (χ3n) is 4.54. The molecule has 1 spiro atoms. The van der Waals surface area contributed by atoms with E-state index in [0.717, 1.165) is 11.3 Å². The number of nitrogens with one attached hydrogen (secondary N) is 1. The zero-order chi connectivity index (χ0) is 10.1. The SMILES string of the molecule is C1CC2(CCN1)CC2CN1CCSCC1. The fourth-order valence-electron chi connectivity index (χ4n) is 3.32. The molecule has 0 aromatic rings. The maximum absolute atomic E-state index is 3.49. The van der Waals surface area contributed by atoms with Crippen LogP contribution in [0, 0.1) is 11.3 Å². The molecule has 3 fully saturated rings. The normalized spacial score (nSPS) is 35.6. The van der Waals surface area contributed by atoms with E-state index in [9.17, 15) is 0 Å². The van der Waals surface area contributed by atoms with Gasteiger partial charge in [0.1, 0.15) is 0 Å². The summed E-state index contributed by atoms with van der Waals surface area (Å²) in [5.74, 6) is 3.77. The van der Waals surface area contributed by atoms with Crippen molar-refractivity contribution in [2.75, 3.05) is 44.2 Å². The van der Waals surface area contributed by atoms with Crippen LogP contribution in [0.15, 0.2) is 0 Å². The van der Waals surface area contributed by atoms with E-state index in [-0.39, 0.29) is 0 Å². The zero-order valence-electron chi connectivity index (χ0n) is 9.50. The molecule has 2 nitrogen and oxygen atoms in total. The summed E-state index contributed by atoms with van der Waals surface area (Å²) in [5.41, 5.74) is 0.788. The number of hydrogen-bond acceptors (Lipinski definition) is 3. The lowest BCUT2D eigenvalue weighted by Crippen LogP contribution is -2.36. The molecule has 15 heavy (non-hydrogen) atoms. The highest BCUT2D eigenvalue weighted by molar-refractivity contribution is 7.99. The molecule has 0 aromatic carbocycles. The van der Waals surface area contributed by atoms with Crippen molar-refractivity contribution in [1.82, 2.24) is 10.2 Å². The predicted octanol–water partition coefficient (Wildman–Crippen LogP) is 1.42. The van der Waals surface area contributed by atoms with Crippen molar-refractivity contribution in [3.63, 3.8) is 0 Å². The van der Waals surface area contributed by atoms with Crippen LogP contribution in [-0.4, -0.2) is 49.1 Å². The molecule has 3 aliphatic rings. The van der Waals surface area contributed by atoms with E-state index in [1.165, 1.54) is 63.5 Å². The Hall–Kier alpha value is 0.270. The molecule has 0 bridgehead atoms. The minimum absolute atomic E-state index is 0.788. The van der Waals surface area contributed by atoms with E-state index < -0.39 is 0 Å². The van der Waals surface area contributed by atoms with E-state index in [1.807, 2.05) is 0 Å². The highest BCUT2D eigenvalue weighted by Crippen LogP contribution is 2.58. The molecule has 0 amide bonds. The Kier molecular flexibility index (Phi) is 2.97. The van der Waals surface area contributed by atoms with Gasteiger partial charge in [0.25, 0.3) is 0 Å². The van der Waals surface area contributed by atoms with Crippen molar-refractivity contribution in [2.24, 2.45) is 11.3 Å². The van der Waals surface area contributed by atoms with Gasteiger partial charge < -0.3 is 10.2 Å². The van der Waals surface area contributed by atoms with E-state index in [1.54, 1.807) is 0 Å². The van der Waals surface area contributed by atoms with Gasteiger partial charge in [0.15, 0.2) is 0 Å². The van der Waals surface area contributed by atoms with Gasteiger partial charge in [0.05, 0.1) is 0 Å². The van der Waals surface area contributed by atoms with Crippen LogP contribution >= 0.6 is 11.8 Å². The smallest absolute Gasteiger partial charge is 0.00728 e. The van der Waals surface area contributed by atoms with Crippen LogP contribution in [0.5, 0.6) is 0 Å². The quantitative estimate of drug-likeness (QED) is 0.767. The van der Waals surface area contributed by atoms with Gasteiger partial charge in [-0.2, -0.15) is 11.8 Å². The van der Waals surface area contributed by atoms with Crippen molar-refractivity contribution < 1.29 is 0 Å².